The molecule has 3 fully saturated rings. The van der Waals surface area contributed by atoms with E-state index in [2.05, 4.69) is 4.90 Å². The molecule has 3 aliphatic heterocycles. The van der Waals surface area contributed by atoms with Crippen molar-refractivity contribution in [3.05, 3.63) is 24.0 Å². The molecule has 1 N–H and O–H groups in total. The predicted octanol–water partition coefficient (Wildman–Crippen LogP) is 2.23. The van der Waals surface area contributed by atoms with Crippen LogP contribution in [0.1, 0.15) is 12.8 Å². The monoisotopic (exact) mass is 338 g/mol. The first-order valence-electron chi connectivity index (χ1n) is 7.92. The zero-order valence-corrected chi connectivity index (χ0v) is 13.5. The first-order chi connectivity index (χ1) is 11.2. The summed E-state index contributed by atoms with van der Waals surface area (Å²) in [5, 5.41) is 9.10. The van der Waals surface area contributed by atoms with E-state index >= 15 is 0 Å². The van der Waals surface area contributed by atoms with E-state index in [9.17, 15) is 9.18 Å². The first-order valence-corrected chi connectivity index (χ1v) is 9.07. The predicted molar refractivity (Wildman–Crippen MR) is 87.7 cm³/mol. The second-order valence-electron chi connectivity index (χ2n) is 6.26. The van der Waals surface area contributed by atoms with E-state index in [1.54, 1.807) is 12.1 Å². The molecule has 23 heavy (non-hydrogen) atoms. The molecule has 5 nitrogen and oxygen atoms in total. The van der Waals surface area contributed by atoms with Crippen LogP contribution in [0.15, 0.2) is 18.2 Å². The van der Waals surface area contributed by atoms with Crippen LogP contribution in [0.3, 0.4) is 0 Å². The van der Waals surface area contributed by atoms with Crippen LogP contribution in [0, 0.1) is 5.82 Å². The van der Waals surface area contributed by atoms with Gasteiger partial charge < -0.3 is 14.7 Å². The third-order valence-electron chi connectivity index (χ3n) is 4.84. The number of carbonyl (C=O) groups excluding carboxylic acids is 1. The summed E-state index contributed by atoms with van der Waals surface area (Å²) < 4.78 is 19.7. The van der Waals surface area contributed by atoms with Gasteiger partial charge in [-0.05, 0) is 31.0 Å². The van der Waals surface area contributed by atoms with Crippen molar-refractivity contribution >= 4 is 29.2 Å². The number of hydrogen-bond acceptors (Lipinski definition) is 5. The van der Waals surface area contributed by atoms with Gasteiger partial charge in [0.15, 0.2) is 0 Å². The topological polar surface area (TPSA) is 53.0 Å². The van der Waals surface area contributed by atoms with Gasteiger partial charge in [0, 0.05) is 23.6 Å². The summed E-state index contributed by atoms with van der Waals surface area (Å²) in [5.74, 6) is 1.80. The molecule has 2 bridgehead atoms. The maximum absolute atomic E-state index is 14.7. The molecule has 1 amide bonds. The largest absolute Gasteiger partial charge is 0.441 e. The molecule has 0 aliphatic carbocycles. The summed E-state index contributed by atoms with van der Waals surface area (Å²) in [6.07, 6.45) is 1.16. The summed E-state index contributed by atoms with van der Waals surface area (Å²) in [4.78, 5) is 15.4. The maximum Gasteiger partial charge on any atom is 0.414 e. The second kappa shape index (κ2) is 5.87. The third-order valence-corrected chi connectivity index (χ3v) is 6.08. The number of nitrogens with zero attached hydrogens (tertiary/aromatic N) is 2. The van der Waals surface area contributed by atoms with Gasteiger partial charge in [0.05, 0.1) is 24.5 Å². The normalized spacial score (nSPS) is 30.0. The van der Waals surface area contributed by atoms with E-state index in [1.165, 1.54) is 11.0 Å². The number of ether oxygens (including phenoxy) is 1. The maximum atomic E-state index is 14.7. The van der Waals surface area contributed by atoms with Crippen molar-refractivity contribution in [1.29, 1.82) is 0 Å². The minimum absolute atomic E-state index is 0.225. The molecular formula is C16H19FN2O3S. The van der Waals surface area contributed by atoms with E-state index < -0.39 is 12.2 Å². The first kappa shape index (κ1) is 15.1. The molecule has 0 radical (unpaired) electrons. The fourth-order valence-corrected chi connectivity index (χ4v) is 5.06. The molecular weight excluding hydrogens is 319 g/mol. The number of hydrogen-bond donors (Lipinski definition) is 1. The van der Waals surface area contributed by atoms with Crippen LogP contribution in [0.4, 0.5) is 20.6 Å². The molecule has 0 saturated carbocycles. The lowest BCUT2D eigenvalue weighted by Crippen LogP contribution is -2.43. The standard InChI is InChI=1S/C16H19FN2O3S/c17-14-5-10(18-6-13(7-20)22-16(18)21)3-4-15(14)19-11-1-2-12(19)9-23-8-11/h3-5,11-13,20H,1-2,6-9H2. The van der Waals surface area contributed by atoms with Crippen molar-refractivity contribution < 1.29 is 19.0 Å². The summed E-state index contributed by atoms with van der Waals surface area (Å²) in [6, 6.07) is 5.76. The number of aliphatic hydroxyl groups is 1. The smallest absolute Gasteiger partial charge is 0.414 e. The SMILES string of the molecule is O=C1OC(CO)CN1c1ccc(N2C3CCC2CSC3)c(F)c1. The fraction of sp³-hybridized carbons (Fsp3) is 0.562. The molecule has 0 aromatic heterocycles. The van der Waals surface area contributed by atoms with E-state index in [0.29, 0.717) is 23.5 Å². The van der Waals surface area contributed by atoms with Gasteiger partial charge in [-0.25, -0.2) is 9.18 Å². The molecule has 7 heteroatoms. The van der Waals surface area contributed by atoms with Crippen LogP contribution in [-0.4, -0.2) is 54.0 Å². The molecule has 3 saturated heterocycles. The molecule has 3 heterocycles. The number of thioether (sulfide) groups is 1. The van der Waals surface area contributed by atoms with Gasteiger partial charge in [0.1, 0.15) is 11.9 Å². The van der Waals surface area contributed by atoms with Crippen molar-refractivity contribution in [3.63, 3.8) is 0 Å². The highest BCUT2D eigenvalue weighted by molar-refractivity contribution is 7.99. The summed E-state index contributed by atoms with van der Waals surface area (Å²) in [5.41, 5.74) is 1.11. The zero-order valence-electron chi connectivity index (χ0n) is 12.7. The van der Waals surface area contributed by atoms with E-state index in [-0.39, 0.29) is 19.0 Å². The van der Waals surface area contributed by atoms with Crippen LogP contribution in [-0.2, 0) is 4.74 Å². The zero-order chi connectivity index (χ0) is 16.0. The van der Waals surface area contributed by atoms with Crippen LogP contribution in [0.25, 0.3) is 0 Å². The Morgan fingerprint density at radius 2 is 2.04 bits per heavy atom. The molecule has 3 atom stereocenters. The Morgan fingerprint density at radius 1 is 1.30 bits per heavy atom. The van der Waals surface area contributed by atoms with E-state index in [0.717, 1.165) is 24.3 Å². The highest BCUT2D eigenvalue weighted by atomic mass is 32.2. The number of cyclic esters (lactones) is 1. The lowest BCUT2D eigenvalue weighted by Gasteiger charge is -2.36. The fourth-order valence-electron chi connectivity index (χ4n) is 3.72. The highest BCUT2D eigenvalue weighted by Crippen LogP contribution is 2.40. The highest BCUT2D eigenvalue weighted by Gasteiger charge is 2.38. The Balaban J connectivity index is 1.59. The summed E-state index contributed by atoms with van der Waals surface area (Å²) in [6.45, 7) is 0.0251. The molecule has 1 aromatic rings. The van der Waals surface area contributed by atoms with Crippen LogP contribution in [0.5, 0.6) is 0 Å². The van der Waals surface area contributed by atoms with E-state index in [1.807, 2.05) is 11.8 Å². The van der Waals surface area contributed by atoms with Crippen LogP contribution < -0.4 is 9.80 Å². The number of amides is 1. The van der Waals surface area contributed by atoms with Gasteiger partial charge in [-0.1, -0.05) is 0 Å². The minimum Gasteiger partial charge on any atom is -0.441 e. The summed E-state index contributed by atoms with van der Waals surface area (Å²) >= 11 is 1.95. The number of rotatable bonds is 3. The number of benzene rings is 1. The molecule has 3 aliphatic rings. The van der Waals surface area contributed by atoms with Gasteiger partial charge in [-0.15, -0.1) is 0 Å². The Morgan fingerprint density at radius 3 is 2.65 bits per heavy atom. The molecule has 4 rings (SSSR count). The molecule has 3 unspecified atom stereocenters. The average molecular weight is 338 g/mol. The van der Waals surface area contributed by atoms with Gasteiger partial charge in [-0.3, -0.25) is 4.90 Å². The van der Waals surface area contributed by atoms with Crippen molar-refractivity contribution in [3.8, 4) is 0 Å². The van der Waals surface area contributed by atoms with Crippen molar-refractivity contribution in [1.82, 2.24) is 0 Å². The van der Waals surface area contributed by atoms with Gasteiger partial charge in [0.25, 0.3) is 0 Å². The Labute approximate surface area is 138 Å². The van der Waals surface area contributed by atoms with Crippen molar-refractivity contribution in [2.24, 2.45) is 0 Å². The van der Waals surface area contributed by atoms with Gasteiger partial charge >= 0.3 is 6.09 Å². The van der Waals surface area contributed by atoms with Crippen molar-refractivity contribution in [2.75, 3.05) is 34.5 Å². The van der Waals surface area contributed by atoms with Gasteiger partial charge in [-0.2, -0.15) is 11.8 Å². The average Bonchev–Trinajstić information content (AvgIpc) is 3.03. The minimum atomic E-state index is -0.541. The number of anilines is 2. The Hall–Kier alpha value is -1.47. The second-order valence-corrected chi connectivity index (χ2v) is 7.34. The Kier molecular flexibility index (Phi) is 3.85. The van der Waals surface area contributed by atoms with Gasteiger partial charge in [0.2, 0.25) is 0 Å². The van der Waals surface area contributed by atoms with E-state index in [4.69, 9.17) is 9.84 Å². The summed E-state index contributed by atoms with van der Waals surface area (Å²) in [7, 11) is 0. The van der Waals surface area contributed by atoms with Crippen LogP contribution in [0.2, 0.25) is 0 Å². The number of carbonyl (C=O) groups is 1. The number of halogens is 1. The number of fused-ring (bicyclic) bond motifs is 2. The molecule has 124 valence electrons. The number of aliphatic hydroxyl groups excluding tert-OH is 1. The molecule has 0 spiro atoms. The lowest BCUT2D eigenvalue weighted by atomic mass is 10.2. The quantitative estimate of drug-likeness (QED) is 0.916. The lowest BCUT2D eigenvalue weighted by molar-refractivity contribution is 0.0963. The van der Waals surface area contributed by atoms with Crippen molar-refractivity contribution in [2.45, 2.75) is 31.0 Å². The Bertz CT molecular complexity index is 613. The molecule has 1 aromatic carbocycles. The van der Waals surface area contributed by atoms with Crippen LogP contribution >= 0.6 is 11.8 Å². The third kappa shape index (κ3) is 2.55.